The van der Waals surface area contributed by atoms with Crippen molar-refractivity contribution in [2.75, 3.05) is 13.1 Å². The number of carbonyl (C=O) groups excluding carboxylic acids is 2. The second-order valence-corrected chi connectivity index (χ2v) is 13.9. The molecule has 148 valence electrons. The van der Waals surface area contributed by atoms with Crippen LogP contribution in [0.4, 0.5) is 0 Å². The molecule has 0 aromatic heterocycles. The van der Waals surface area contributed by atoms with Crippen LogP contribution in [0.2, 0.25) is 16.6 Å². The maximum atomic E-state index is 12.4. The van der Waals surface area contributed by atoms with Crippen molar-refractivity contribution in [1.29, 1.82) is 0 Å². The number of nitrogens with zero attached hydrogens (tertiary/aromatic N) is 3. The number of hydrogen-bond donors (Lipinski definition) is 2. The number of carbonyl (C=O) groups is 2. The third-order valence-electron chi connectivity index (χ3n) is 5.79. The number of likely N-dealkylation sites (tertiary alicyclic amines) is 1. The van der Waals surface area contributed by atoms with E-state index in [2.05, 4.69) is 51.6 Å². The van der Waals surface area contributed by atoms with Crippen LogP contribution in [-0.4, -0.2) is 55.5 Å². The monoisotopic (exact) mass is 381 g/mol. The molecule has 0 aromatic carbocycles. The third kappa shape index (κ3) is 4.34. The van der Waals surface area contributed by atoms with Gasteiger partial charge in [0.1, 0.15) is 20.7 Å². The van der Waals surface area contributed by atoms with E-state index < -0.39 is 20.0 Å². The number of aliphatic imine (C=N–C) groups is 1. The molecule has 1 aliphatic rings. The smallest absolute Gasteiger partial charge is 0.244 e. The molecule has 0 radical (unpaired) electrons. The number of hydrazone groups is 1. The molecule has 4 N–H and O–H groups in total. The maximum absolute atomic E-state index is 12.4. The highest BCUT2D eigenvalue weighted by atomic mass is 28.3. The van der Waals surface area contributed by atoms with Crippen molar-refractivity contribution in [2.45, 2.75) is 77.0 Å². The second kappa shape index (κ2) is 9.30. The van der Waals surface area contributed by atoms with Crippen LogP contribution in [0.1, 0.15) is 54.4 Å². The molecule has 0 bridgehead atoms. The lowest BCUT2D eigenvalue weighted by Gasteiger charge is -2.42. The molecular formula is C18H35N5O2Si. The van der Waals surface area contributed by atoms with Crippen molar-refractivity contribution in [2.24, 2.45) is 21.7 Å². The number of nitrogens with two attached hydrogens (primary N) is 2. The summed E-state index contributed by atoms with van der Waals surface area (Å²) in [5.74, 6) is 5.12. The van der Waals surface area contributed by atoms with E-state index in [1.807, 2.05) is 0 Å². The zero-order valence-electron chi connectivity index (χ0n) is 17.0. The first-order valence-corrected chi connectivity index (χ1v) is 11.7. The fraction of sp³-hybridized carbons (Fsp3) is 0.778. The van der Waals surface area contributed by atoms with E-state index >= 15 is 0 Å². The first-order valence-electron chi connectivity index (χ1n) is 9.47. The molecule has 1 aliphatic heterocycles. The summed E-state index contributed by atoms with van der Waals surface area (Å²) in [6.45, 7) is 13.9. The molecule has 7 nitrogen and oxygen atoms in total. The number of primary amides is 1. The van der Waals surface area contributed by atoms with E-state index in [9.17, 15) is 9.59 Å². The zero-order chi connectivity index (χ0) is 20.1. The molecule has 2 amide bonds. The minimum Gasteiger partial charge on any atom is -0.368 e. The van der Waals surface area contributed by atoms with Crippen LogP contribution in [-0.2, 0) is 9.59 Å². The summed E-state index contributed by atoms with van der Waals surface area (Å²) in [6.07, 6.45) is 3.12. The Hall–Kier alpha value is -1.70. The van der Waals surface area contributed by atoms with Crippen molar-refractivity contribution in [1.82, 2.24) is 4.90 Å². The molecule has 1 rings (SSSR count). The van der Waals surface area contributed by atoms with Crippen molar-refractivity contribution < 1.29 is 9.59 Å². The normalized spacial score (nSPS) is 19.3. The van der Waals surface area contributed by atoms with Crippen molar-refractivity contribution >= 4 is 31.4 Å². The van der Waals surface area contributed by atoms with E-state index in [0.29, 0.717) is 29.6 Å². The Balaban J connectivity index is 2.96. The van der Waals surface area contributed by atoms with Gasteiger partial charge in [0.25, 0.3) is 0 Å². The van der Waals surface area contributed by atoms with Gasteiger partial charge in [0.2, 0.25) is 11.8 Å². The molecule has 0 aliphatic carbocycles. The molecule has 1 fully saturated rings. The summed E-state index contributed by atoms with van der Waals surface area (Å²) in [6, 6.07) is -0.504. The molecule has 0 spiro atoms. The Labute approximate surface area is 158 Å². The van der Waals surface area contributed by atoms with Crippen LogP contribution in [0.15, 0.2) is 10.1 Å². The quantitative estimate of drug-likeness (QED) is 0.290. The van der Waals surface area contributed by atoms with E-state index in [4.69, 9.17) is 11.6 Å². The van der Waals surface area contributed by atoms with Gasteiger partial charge in [0.15, 0.2) is 0 Å². The Morgan fingerprint density at radius 3 is 2.12 bits per heavy atom. The molecule has 0 unspecified atom stereocenters. The van der Waals surface area contributed by atoms with Crippen LogP contribution < -0.4 is 11.6 Å². The van der Waals surface area contributed by atoms with Gasteiger partial charge in [-0.25, -0.2) is 0 Å². The average Bonchev–Trinajstić information content (AvgIpc) is 3.02. The molecule has 1 saturated heterocycles. The van der Waals surface area contributed by atoms with Crippen LogP contribution in [0, 0.1) is 0 Å². The van der Waals surface area contributed by atoms with E-state index in [0.717, 1.165) is 11.8 Å². The second-order valence-electron chi connectivity index (χ2n) is 8.03. The van der Waals surface area contributed by atoms with Gasteiger partial charge in [-0.3, -0.25) is 14.6 Å². The highest BCUT2D eigenvalue weighted by Gasteiger charge is 2.47. The van der Waals surface area contributed by atoms with E-state index in [1.165, 1.54) is 4.90 Å². The minimum absolute atomic E-state index is 0.0123. The predicted molar refractivity (Wildman–Crippen MR) is 110 cm³/mol. The molecule has 1 heterocycles. The summed E-state index contributed by atoms with van der Waals surface area (Å²) in [5.41, 5.74) is 6.73. The van der Waals surface area contributed by atoms with Crippen molar-refractivity contribution in [3.8, 4) is 0 Å². The van der Waals surface area contributed by atoms with Gasteiger partial charge in [-0.2, -0.15) is 5.10 Å². The van der Waals surface area contributed by atoms with Crippen LogP contribution in [0.25, 0.3) is 0 Å². The lowest BCUT2D eigenvalue weighted by molar-refractivity contribution is -0.136. The molecule has 26 heavy (non-hydrogen) atoms. The molecule has 0 aromatic rings. The Morgan fingerprint density at radius 2 is 1.69 bits per heavy atom. The Morgan fingerprint density at radius 1 is 1.15 bits per heavy atom. The number of hydrogen-bond acceptors (Lipinski definition) is 5. The highest BCUT2D eigenvalue weighted by molar-refractivity contribution is 7.15. The lowest BCUT2D eigenvalue weighted by atomic mass is 10.2. The van der Waals surface area contributed by atoms with Gasteiger partial charge in [-0.1, -0.05) is 41.5 Å². The Bertz CT molecular complexity index is 550. The average molecular weight is 382 g/mol. The predicted octanol–water partition coefficient (Wildman–Crippen LogP) is 2.07. The highest BCUT2D eigenvalue weighted by Crippen LogP contribution is 2.42. The fourth-order valence-corrected chi connectivity index (χ4v) is 11.1. The Kier molecular flexibility index (Phi) is 7.99. The largest absolute Gasteiger partial charge is 0.368 e. The first-order chi connectivity index (χ1) is 12.1. The number of amides is 2. The first kappa shape index (κ1) is 22.3. The summed E-state index contributed by atoms with van der Waals surface area (Å²) in [5, 5.41) is 4.94. The fourth-order valence-electron chi connectivity index (χ4n) is 4.81. The van der Waals surface area contributed by atoms with Crippen molar-refractivity contribution in [3.05, 3.63) is 0 Å². The SMILES string of the molecule is CC(C)[Si](/C(C=NCC(=O)N1CCC[C@H]1C(N)=O)=N/N)(C(C)C)C(C)C. The summed E-state index contributed by atoms with van der Waals surface area (Å²) >= 11 is 0. The van der Waals surface area contributed by atoms with Gasteiger partial charge >= 0.3 is 0 Å². The minimum atomic E-state index is -2.02. The van der Waals surface area contributed by atoms with Gasteiger partial charge in [0.05, 0.1) is 5.33 Å². The zero-order valence-corrected chi connectivity index (χ0v) is 18.0. The summed E-state index contributed by atoms with van der Waals surface area (Å²) in [4.78, 5) is 29.8. The number of rotatable bonds is 8. The molecule has 8 heteroatoms. The maximum Gasteiger partial charge on any atom is 0.244 e. The van der Waals surface area contributed by atoms with Crippen LogP contribution in [0.3, 0.4) is 0 Å². The molecule has 1 atom stereocenters. The summed E-state index contributed by atoms with van der Waals surface area (Å²) in [7, 11) is -2.02. The van der Waals surface area contributed by atoms with Gasteiger partial charge in [-0.15, -0.1) is 0 Å². The standard InChI is InChI=1S/C18H35N5O2Si/c1-12(2)26(13(3)4,14(5)6)16(22-20)10-21-11-17(24)23-9-7-8-15(23)18(19)25/h10,12-15H,7-9,11,20H2,1-6H3,(H2,19,25)/b21-10?,22-16+/t15-/m0/s1. The lowest BCUT2D eigenvalue weighted by Crippen LogP contribution is -2.53. The van der Waals surface area contributed by atoms with Gasteiger partial charge in [-0.05, 0) is 29.5 Å². The van der Waals surface area contributed by atoms with E-state index in [1.54, 1.807) is 6.21 Å². The topological polar surface area (TPSA) is 114 Å². The van der Waals surface area contributed by atoms with Gasteiger partial charge < -0.3 is 16.5 Å². The van der Waals surface area contributed by atoms with Crippen LogP contribution >= 0.6 is 0 Å². The van der Waals surface area contributed by atoms with E-state index in [-0.39, 0.29) is 12.5 Å². The molecular weight excluding hydrogens is 346 g/mol. The van der Waals surface area contributed by atoms with Gasteiger partial charge in [0, 0.05) is 12.8 Å². The summed E-state index contributed by atoms with van der Waals surface area (Å²) < 4.78 is 0. The van der Waals surface area contributed by atoms with Crippen LogP contribution in [0.5, 0.6) is 0 Å². The van der Waals surface area contributed by atoms with Crippen molar-refractivity contribution in [3.63, 3.8) is 0 Å². The third-order valence-corrected chi connectivity index (χ3v) is 12.7. The molecule has 0 saturated carbocycles.